The molecule has 0 amide bonds. The Morgan fingerprint density at radius 3 is 2.25 bits per heavy atom. The normalized spacial score (nSPS) is 10.2. The molecule has 1 aromatic heterocycles. The first-order valence-corrected chi connectivity index (χ1v) is 7.34. The van der Waals surface area contributed by atoms with Crippen LogP contribution in [0, 0.1) is 6.92 Å². The van der Waals surface area contributed by atoms with Crippen LogP contribution in [0.1, 0.15) is 5.56 Å². The summed E-state index contributed by atoms with van der Waals surface area (Å²) in [6.45, 7) is 2.09. The SMILES string of the molecule is COc1ccc(-c2c(C)ccc3cnccc23)c(OC)c1OC.Cl. The summed E-state index contributed by atoms with van der Waals surface area (Å²) in [6.07, 6.45) is 3.67. The molecule has 0 bridgehead atoms. The third-order valence-electron chi connectivity index (χ3n) is 4.00. The lowest BCUT2D eigenvalue weighted by molar-refractivity contribution is 0.325. The van der Waals surface area contributed by atoms with Crippen LogP contribution in [0.25, 0.3) is 21.9 Å². The van der Waals surface area contributed by atoms with E-state index in [1.807, 2.05) is 24.4 Å². The molecule has 0 aliphatic rings. The van der Waals surface area contributed by atoms with Gasteiger partial charge in [0.2, 0.25) is 5.75 Å². The minimum atomic E-state index is 0. The van der Waals surface area contributed by atoms with Crippen molar-refractivity contribution >= 4 is 23.2 Å². The van der Waals surface area contributed by atoms with Crippen LogP contribution < -0.4 is 14.2 Å². The zero-order valence-electron chi connectivity index (χ0n) is 14.1. The predicted molar refractivity (Wildman–Crippen MR) is 98.8 cm³/mol. The van der Waals surface area contributed by atoms with Gasteiger partial charge in [-0.15, -0.1) is 12.4 Å². The van der Waals surface area contributed by atoms with Gasteiger partial charge in [-0.3, -0.25) is 4.98 Å². The highest BCUT2D eigenvalue weighted by Crippen LogP contribution is 2.46. The van der Waals surface area contributed by atoms with Crippen LogP contribution in [0.3, 0.4) is 0 Å². The predicted octanol–water partition coefficient (Wildman–Crippen LogP) is 4.66. The van der Waals surface area contributed by atoms with Crippen molar-refractivity contribution in [3.8, 4) is 28.4 Å². The number of benzene rings is 2. The van der Waals surface area contributed by atoms with Crippen molar-refractivity contribution in [2.45, 2.75) is 6.92 Å². The number of methoxy groups -OCH3 is 3. The smallest absolute Gasteiger partial charge is 0.203 e. The second-order valence-corrected chi connectivity index (χ2v) is 5.24. The van der Waals surface area contributed by atoms with Gasteiger partial charge in [0.15, 0.2) is 11.5 Å². The van der Waals surface area contributed by atoms with Gasteiger partial charge in [0.25, 0.3) is 0 Å². The molecule has 0 N–H and O–H groups in total. The maximum Gasteiger partial charge on any atom is 0.203 e. The molecule has 24 heavy (non-hydrogen) atoms. The monoisotopic (exact) mass is 345 g/mol. The van der Waals surface area contributed by atoms with Crippen LogP contribution in [-0.4, -0.2) is 26.3 Å². The molecule has 0 aliphatic heterocycles. The van der Waals surface area contributed by atoms with Gasteiger partial charge in [0, 0.05) is 23.3 Å². The Balaban J connectivity index is 0.00000208. The number of hydrogen-bond donors (Lipinski definition) is 0. The molecule has 126 valence electrons. The Bertz CT molecular complexity index is 865. The largest absolute Gasteiger partial charge is 0.493 e. The van der Waals surface area contributed by atoms with Gasteiger partial charge in [-0.25, -0.2) is 0 Å². The average molecular weight is 346 g/mol. The van der Waals surface area contributed by atoms with E-state index in [1.54, 1.807) is 27.5 Å². The first-order valence-electron chi connectivity index (χ1n) is 7.34. The number of hydrogen-bond acceptors (Lipinski definition) is 4. The number of rotatable bonds is 4. The van der Waals surface area contributed by atoms with Crippen LogP contribution >= 0.6 is 12.4 Å². The molecule has 0 atom stereocenters. The molecule has 2 aromatic carbocycles. The van der Waals surface area contributed by atoms with Gasteiger partial charge in [-0.05, 0) is 41.6 Å². The molecule has 0 saturated carbocycles. The van der Waals surface area contributed by atoms with E-state index in [1.165, 1.54) is 0 Å². The van der Waals surface area contributed by atoms with Crippen molar-refractivity contribution in [1.29, 1.82) is 0 Å². The highest BCUT2D eigenvalue weighted by atomic mass is 35.5. The van der Waals surface area contributed by atoms with Gasteiger partial charge in [-0.1, -0.05) is 12.1 Å². The molecular formula is C19H20ClNO3. The summed E-state index contributed by atoms with van der Waals surface area (Å²) >= 11 is 0. The molecule has 3 aromatic rings. The standard InChI is InChI=1S/C19H19NO3.ClH/c1-12-5-6-13-11-20-10-9-14(13)17(12)15-7-8-16(21-2)19(23-4)18(15)22-3;/h5-11H,1-4H3;1H. The number of fused-ring (bicyclic) bond motifs is 1. The van der Waals surface area contributed by atoms with Crippen LogP contribution in [0.4, 0.5) is 0 Å². The average Bonchev–Trinajstić information content (AvgIpc) is 2.60. The Kier molecular flexibility index (Phi) is 5.52. The van der Waals surface area contributed by atoms with Crippen molar-refractivity contribution in [1.82, 2.24) is 4.98 Å². The molecule has 0 unspecified atom stereocenters. The molecule has 0 radical (unpaired) electrons. The van der Waals surface area contributed by atoms with E-state index >= 15 is 0 Å². The minimum absolute atomic E-state index is 0. The van der Waals surface area contributed by atoms with Crippen LogP contribution in [-0.2, 0) is 0 Å². The van der Waals surface area contributed by atoms with Crippen LogP contribution in [0.15, 0.2) is 42.7 Å². The summed E-state index contributed by atoms with van der Waals surface area (Å²) in [6, 6.07) is 10.1. The number of aryl methyl sites for hydroxylation is 1. The summed E-state index contributed by atoms with van der Waals surface area (Å²) in [5.41, 5.74) is 3.25. The van der Waals surface area contributed by atoms with Crippen molar-refractivity contribution in [2.75, 3.05) is 21.3 Å². The van der Waals surface area contributed by atoms with Gasteiger partial charge in [0.1, 0.15) is 0 Å². The first-order chi connectivity index (χ1) is 11.2. The Morgan fingerprint density at radius 2 is 1.58 bits per heavy atom. The summed E-state index contributed by atoms with van der Waals surface area (Å²) in [4.78, 5) is 4.21. The molecule has 5 heteroatoms. The van der Waals surface area contributed by atoms with Crippen LogP contribution in [0.2, 0.25) is 0 Å². The molecular weight excluding hydrogens is 326 g/mol. The van der Waals surface area contributed by atoms with E-state index in [2.05, 4.69) is 24.0 Å². The second kappa shape index (κ2) is 7.41. The third-order valence-corrected chi connectivity index (χ3v) is 4.00. The fourth-order valence-electron chi connectivity index (χ4n) is 2.93. The highest BCUT2D eigenvalue weighted by Gasteiger charge is 2.19. The lowest BCUT2D eigenvalue weighted by Gasteiger charge is -2.18. The number of pyridine rings is 1. The molecule has 0 aliphatic carbocycles. The lowest BCUT2D eigenvalue weighted by atomic mass is 9.94. The maximum atomic E-state index is 5.65. The molecule has 0 fully saturated rings. The van der Waals surface area contributed by atoms with Gasteiger partial charge in [-0.2, -0.15) is 0 Å². The summed E-state index contributed by atoms with van der Waals surface area (Å²) in [7, 11) is 4.87. The second-order valence-electron chi connectivity index (χ2n) is 5.24. The maximum absolute atomic E-state index is 5.65. The fraction of sp³-hybridized carbons (Fsp3) is 0.211. The van der Waals surface area contributed by atoms with E-state index in [-0.39, 0.29) is 12.4 Å². The third kappa shape index (κ3) is 2.85. The van der Waals surface area contributed by atoms with Gasteiger partial charge < -0.3 is 14.2 Å². The van der Waals surface area contributed by atoms with Crippen molar-refractivity contribution in [2.24, 2.45) is 0 Å². The van der Waals surface area contributed by atoms with E-state index in [0.29, 0.717) is 17.2 Å². The minimum Gasteiger partial charge on any atom is -0.493 e. The van der Waals surface area contributed by atoms with E-state index in [9.17, 15) is 0 Å². The summed E-state index contributed by atoms with van der Waals surface area (Å²) < 4.78 is 16.5. The van der Waals surface area contributed by atoms with E-state index in [0.717, 1.165) is 27.5 Å². The van der Waals surface area contributed by atoms with Crippen molar-refractivity contribution in [3.63, 3.8) is 0 Å². The summed E-state index contributed by atoms with van der Waals surface area (Å²) in [5, 5.41) is 2.22. The number of aromatic nitrogens is 1. The van der Waals surface area contributed by atoms with E-state index < -0.39 is 0 Å². The van der Waals surface area contributed by atoms with Crippen LogP contribution in [0.5, 0.6) is 17.2 Å². The zero-order chi connectivity index (χ0) is 16.4. The lowest BCUT2D eigenvalue weighted by Crippen LogP contribution is -1.98. The zero-order valence-corrected chi connectivity index (χ0v) is 14.9. The topological polar surface area (TPSA) is 40.6 Å². The highest BCUT2D eigenvalue weighted by molar-refractivity contribution is 5.99. The van der Waals surface area contributed by atoms with Gasteiger partial charge in [0.05, 0.1) is 21.3 Å². The quantitative estimate of drug-likeness (QED) is 0.689. The Hall–Kier alpha value is -2.46. The number of ether oxygens (including phenoxy) is 3. The van der Waals surface area contributed by atoms with E-state index in [4.69, 9.17) is 14.2 Å². The molecule has 0 spiro atoms. The number of halogens is 1. The molecule has 1 heterocycles. The Labute approximate surface area is 147 Å². The number of nitrogens with zero attached hydrogens (tertiary/aromatic N) is 1. The molecule has 0 saturated heterocycles. The van der Waals surface area contributed by atoms with Crippen molar-refractivity contribution in [3.05, 3.63) is 48.3 Å². The molecule has 3 rings (SSSR count). The Morgan fingerprint density at radius 1 is 0.833 bits per heavy atom. The van der Waals surface area contributed by atoms with Gasteiger partial charge >= 0.3 is 0 Å². The first kappa shape index (κ1) is 17.9. The summed E-state index contributed by atoms with van der Waals surface area (Å²) in [5.74, 6) is 1.91. The fourth-order valence-corrected chi connectivity index (χ4v) is 2.93. The molecule has 4 nitrogen and oxygen atoms in total. The van der Waals surface area contributed by atoms with Crippen molar-refractivity contribution < 1.29 is 14.2 Å².